The van der Waals surface area contributed by atoms with Crippen molar-refractivity contribution in [2.75, 3.05) is 0 Å². The van der Waals surface area contributed by atoms with Gasteiger partial charge < -0.3 is 15.5 Å². The van der Waals surface area contributed by atoms with E-state index in [2.05, 4.69) is 10.3 Å². The number of carbonyl (C=O) groups is 2. The van der Waals surface area contributed by atoms with Gasteiger partial charge in [-0.2, -0.15) is 0 Å². The molecule has 0 aromatic carbocycles. The van der Waals surface area contributed by atoms with Crippen molar-refractivity contribution in [2.45, 2.75) is 32.2 Å². The van der Waals surface area contributed by atoms with E-state index < -0.39 is 34.8 Å². The zero-order valence-electron chi connectivity index (χ0n) is 11.0. The van der Waals surface area contributed by atoms with Crippen molar-refractivity contribution in [3.05, 3.63) is 28.0 Å². The summed E-state index contributed by atoms with van der Waals surface area (Å²) in [4.78, 5) is 36.7. The van der Waals surface area contributed by atoms with E-state index in [4.69, 9.17) is 0 Å². The number of nitrogens with one attached hydrogen (secondary N) is 2. The van der Waals surface area contributed by atoms with Gasteiger partial charge in [-0.05, 0) is 19.8 Å². The molecule has 4 N–H and O–H groups in total. The molecule has 7 heteroatoms. The van der Waals surface area contributed by atoms with Gasteiger partial charge >= 0.3 is 5.97 Å². The Bertz CT molecular complexity index is 609. The van der Waals surface area contributed by atoms with Gasteiger partial charge in [-0.25, -0.2) is 0 Å². The Morgan fingerprint density at radius 2 is 2.15 bits per heavy atom. The molecule has 1 amide bonds. The monoisotopic (exact) mass is 280 g/mol. The number of aromatic nitrogens is 1. The van der Waals surface area contributed by atoms with Gasteiger partial charge in [0.2, 0.25) is 0 Å². The number of hydrogen-bond donors (Lipinski definition) is 4. The summed E-state index contributed by atoms with van der Waals surface area (Å²) in [7, 11) is 0. The van der Waals surface area contributed by atoms with Crippen LogP contribution in [0, 0.1) is 5.41 Å². The number of hydrogen-bond acceptors (Lipinski definition) is 4. The summed E-state index contributed by atoms with van der Waals surface area (Å²) >= 11 is 0. The van der Waals surface area contributed by atoms with E-state index in [9.17, 15) is 24.6 Å². The Kier molecular flexibility index (Phi) is 3.52. The third-order valence-corrected chi connectivity index (χ3v) is 3.84. The molecule has 1 aliphatic carbocycles. The maximum absolute atomic E-state index is 12.0. The number of H-pyrrole nitrogens is 1. The summed E-state index contributed by atoms with van der Waals surface area (Å²) in [5, 5.41) is 21.2. The summed E-state index contributed by atoms with van der Waals surface area (Å²) < 4.78 is 0. The topological polar surface area (TPSA) is 119 Å². The highest BCUT2D eigenvalue weighted by Gasteiger charge is 2.45. The predicted octanol–water partition coefficient (Wildman–Crippen LogP) is 0.454. The molecular weight excluding hydrogens is 264 g/mol. The first-order chi connectivity index (χ1) is 9.33. The molecule has 0 spiro atoms. The Morgan fingerprint density at radius 1 is 1.45 bits per heavy atom. The Hall–Kier alpha value is -2.31. The molecule has 7 nitrogen and oxygen atoms in total. The van der Waals surface area contributed by atoms with E-state index in [1.54, 1.807) is 6.92 Å². The third kappa shape index (κ3) is 2.52. The molecule has 2 unspecified atom stereocenters. The van der Waals surface area contributed by atoms with Crippen LogP contribution in [0.3, 0.4) is 0 Å². The standard InChI is InChI=1S/C13H16N2O5/c1-13(12(19)20)4-2-3-8(13)14-11(18)7-5-9(16)15-10(17)6-7/h5-6,8H,2-4H2,1H3,(H,14,18)(H,19,20)(H2,15,16,17). The van der Waals surface area contributed by atoms with Crippen LogP contribution >= 0.6 is 0 Å². The number of carbonyl (C=O) groups excluding carboxylic acids is 1. The Morgan fingerprint density at radius 3 is 2.75 bits per heavy atom. The summed E-state index contributed by atoms with van der Waals surface area (Å²) in [6, 6.07) is 1.69. The minimum Gasteiger partial charge on any atom is -0.494 e. The Labute approximate surface area is 114 Å². The fourth-order valence-electron chi connectivity index (χ4n) is 2.55. The molecule has 1 aromatic heterocycles. The molecule has 1 fully saturated rings. The first kappa shape index (κ1) is 14.1. The van der Waals surface area contributed by atoms with E-state index in [0.717, 1.165) is 12.1 Å². The van der Waals surface area contributed by atoms with Gasteiger partial charge in [-0.3, -0.25) is 19.4 Å². The zero-order valence-corrected chi connectivity index (χ0v) is 11.0. The minimum absolute atomic E-state index is 0.00545. The first-order valence-electron chi connectivity index (χ1n) is 6.30. The van der Waals surface area contributed by atoms with Crippen molar-refractivity contribution in [1.82, 2.24) is 10.3 Å². The van der Waals surface area contributed by atoms with E-state index in [1.807, 2.05) is 0 Å². The average Bonchev–Trinajstić information content (AvgIpc) is 2.71. The van der Waals surface area contributed by atoms with Crippen LogP contribution in [0.4, 0.5) is 0 Å². The minimum atomic E-state index is -1.00. The second-order valence-electron chi connectivity index (χ2n) is 5.26. The number of aromatic hydroxyl groups is 1. The van der Waals surface area contributed by atoms with Crippen molar-refractivity contribution in [3.8, 4) is 5.88 Å². The van der Waals surface area contributed by atoms with Gasteiger partial charge in [0.1, 0.15) is 0 Å². The van der Waals surface area contributed by atoms with Crippen LogP contribution in [0.15, 0.2) is 16.9 Å². The fourth-order valence-corrected chi connectivity index (χ4v) is 2.55. The molecular formula is C13H16N2O5. The van der Waals surface area contributed by atoms with Gasteiger partial charge in [0, 0.05) is 18.2 Å². The normalized spacial score (nSPS) is 25.4. The fraction of sp³-hybridized carbons (Fsp3) is 0.462. The van der Waals surface area contributed by atoms with Gasteiger partial charge in [-0.1, -0.05) is 6.42 Å². The molecule has 2 rings (SSSR count). The summed E-state index contributed by atoms with van der Waals surface area (Å²) in [5.41, 5.74) is -1.59. The lowest BCUT2D eigenvalue weighted by Crippen LogP contribution is -2.47. The van der Waals surface area contributed by atoms with Crippen molar-refractivity contribution in [1.29, 1.82) is 0 Å². The number of aliphatic carboxylic acids is 1. The van der Waals surface area contributed by atoms with Crippen LogP contribution in [-0.4, -0.2) is 33.1 Å². The average molecular weight is 280 g/mol. The van der Waals surface area contributed by atoms with Gasteiger partial charge in [0.15, 0.2) is 5.88 Å². The zero-order chi connectivity index (χ0) is 14.9. The first-order valence-corrected chi connectivity index (χ1v) is 6.30. The largest absolute Gasteiger partial charge is 0.494 e. The second kappa shape index (κ2) is 4.99. The second-order valence-corrected chi connectivity index (χ2v) is 5.26. The Balaban J connectivity index is 2.19. The van der Waals surface area contributed by atoms with Crippen LogP contribution in [0.1, 0.15) is 36.5 Å². The van der Waals surface area contributed by atoms with Crippen molar-refractivity contribution < 1.29 is 19.8 Å². The number of pyridine rings is 1. The molecule has 2 atom stereocenters. The number of carboxylic acids is 1. The molecule has 0 saturated heterocycles. The van der Waals surface area contributed by atoms with Gasteiger partial charge in [0.05, 0.1) is 11.0 Å². The van der Waals surface area contributed by atoms with Crippen molar-refractivity contribution >= 4 is 11.9 Å². The van der Waals surface area contributed by atoms with Crippen molar-refractivity contribution in [2.24, 2.45) is 5.41 Å². The van der Waals surface area contributed by atoms with Crippen LogP contribution in [0.5, 0.6) is 5.88 Å². The lowest BCUT2D eigenvalue weighted by molar-refractivity contribution is -0.148. The molecule has 108 valence electrons. The van der Waals surface area contributed by atoms with Crippen LogP contribution in [-0.2, 0) is 4.79 Å². The molecule has 1 aliphatic rings. The summed E-state index contributed by atoms with van der Waals surface area (Å²) in [6.07, 6.45) is 1.78. The number of carboxylic acid groups (broad SMARTS) is 1. The number of amides is 1. The SMILES string of the molecule is CC1(C(=O)O)CCCC1NC(=O)c1cc(O)[nH]c(=O)c1. The van der Waals surface area contributed by atoms with E-state index >= 15 is 0 Å². The quantitative estimate of drug-likeness (QED) is 0.641. The molecule has 20 heavy (non-hydrogen) atoms. The predicted molar refractivity (Wildman–Crippen MR) is 69.6 cm³/mol. The van der Waals surface area contributed by atoms with E-state index in [-0.39, 0.29) is 5.56 Å². The molecule has 0 aliphatic heterocycles. The highest BCUT2D eigenvalue weighted by Crippen LogP contribution is 2.38. The lowest BCUT2D eigenvalue weighted by atomic mass is 9.85. The third-order valence-electron chi connectivity index (χ3n) is 3.84. The maximum atomic E-state index is 12.0. The number of aromatic amines is 1. The smallest absolute Gasteiger partial charge is 0.311 e. The lowest BCUT2D eigenvalue weighted by Gasteiger charge is -2.27. The van der Waals surface area contributed by atoms with Gasteiger partial charge in [0.25, 0.3) is 11.5 Å². The van der Waals surface area contributed by atoms with Gasteiger partial charge in [-0.15, -0.1) is 0 Å². The molecule has 1 heterocycles. The van der Waals surface area contributed by atoms with Crippen molar-refractivity contribution in [3.63, 3.8) is 0 Å². The van der Waals surface area contributed by atoms with Crippen LogP contribution in [0.25, 0.3) is 0 Å². The van der Waals surface area contributed by atoms with Crippen LogP contribution < -0.4 is 10.9 Å². The van der Waals surface area contributed by atoms with E-state index in [1.165, 1.54) is 0 Å². The molecule has 1 aromatic rings. The summed E-state index contributed by atoms with van der Waals surface area (Å²) in [6.45, 7) is 1.60. The summed E-state index contributed by atoms with van der Waals surface area (Å²) in [5.74, 6) is -1.92. The molecule has 0 radical (unpaired) electrons. The highest BCUT2D eigenvalue weighted by molar-refractivity contribution is 5.95. The highest BCUT2D eigenvalue weighted by atomic mass is 16.4. The van der Waals surface area contributed by atoms with E-state index in [0.29, 0.717) is 19.3 Å². The molecule has 0 bridgehead atoms. The maximum Gasteiger partial charge on any atom is 0.311 e. The number of rotatable bonds is 3. The molecule has 1 saturated carbocycles. The van der Waals surface area contributed by atoms with Crippen LogP contribution in [0.2, 0.25) is 0 Å².